The van der Waals surface area contributed by atoms with Crippen molar-refractivity contribution in [2.75, 3.05) is 12.8 Å². The molecule has 1 unspecified atom stereocenters. The van der Waals surface area contributed by atoms with Gasteiger partial charge in [-0.3, -0.25) is 0 Å². The van der Waals surface area contributed by atoms with Crippen LogP contribution in [0.3, 0.4) is 0 Å². The molecule has 0 aliphatic rings. The van der Waals surface area contributed by atoms with E-state index < -0.39 is 0 Å². The van der Waals surface area contributed by atoms with E-state index in [4.69, 9.17) is 0 Å². The minimum atomic E-state index is -0.190. The van der Waals surface area contributed by atoms with E-state index in [0.29, 0.717) is 0 Å². The van der Waals surface area contributed by atoms with Crippen LogP contribution in [0.4, 0.5) is 4.39 Å². The van der Waals surface area contributed by atoms with Crippen molar-refractivity contribution < 1.29 is 4.39 Å². The van der Waals surface area contributed by atoms with Gasteiger partial charge in [0.2, 0.25) is 0 Å². The quantitative estimate of drug-likeness (QED) is 0.796. The Morgan fingerprint density at radius 2 is 2.00 bits per heavy atom. The van der Waals surface area contributed by atoms with Crippen LogP contribution in [0.25, 0.3) is 0 Å². The summed E-state index contributed by atoms with van der Waals surface area (Å²) in [6.07, 6.45) is 0. The molecule has 2 aromatic rings. The molecule has 0 saturated carbocycles. The zero-order chi connectivity index (χ0) is 13.7. The zero-order valence-electron chi connectivity index (χ0n) is 10.6. The Balaban J connectivity index is 2.04. The molecule has 0 fully saturated rings. The fourth-order valence-corrected chi connectivity index (χ4v) is 3.46. The fourth-order valence-electron chi connectivity index (χ4n) is 1.81. The van der Waals surface area contributed by atoms with Gasteiger partial charge in [-0.2, -0.15) is 0 Å². The van der Waals surface area contributed by atoms with Crippen LogP contribution in [-0.4, -0.2) is 12.8 Å². The van der Waals surface area contributed by atoms with E-state index in [0.717, 1.165) is 15.8 Å². The Morgan fingerprint density at radius 1 is 1.21 bits per heavy atom. The van der Waals surface area contributed by atoms with E-state index in [-0.39, 0.29) is 11.9 Å². The van der Waals surface area contributed by atoms with Crippen LogP contribution < -0.4 is 5.32 Å². The molecule has 100 valence electrons. The van der Waals surface area contributed by atoms with Crippen LogP contribution in [0.2, 0.25) is 0 Å². The van der Waals surface area contributed by atoms with Crippen molar-refractivity contribution in [2.45, 2.75) is 10.9 Å². The van der Waals surface area contributed by atoms with Crippen molar-refractivity contribution in [2.24, 2.45) is 0 Å². The molecular weight excluding hydrogens is 325 g/mol. The molecule has 0 amide bonds. The number of benzene rings is 2. The molecule has 1 atom stereocenters. The molecule has 0 bridgehead atoms. The first kappa shape index (κ1) is 14.6. The first-order valence-electron chi connectivity index (χ1n) is 6.00. The Morgan fingerprint density at radius 3 is 2.68 bits per heavy atom. The molecule has 0 aliphatic carbocycles. The third kappa shape index (κ3) is 4.34. The number of halogens is 2. The van der Waals surface area contributed by atoms with Gasteiger partial charge in [-0.15, -0.1) is 11.8 Å². The minimum Gasteiger partial charge on any atom is -0.312 e. The molecule has 0 aliphatic heterocycles. The summed E-state index contributed by atoms with van der Waals surface area (Å²) in [7, 11) is 1.90. The average molecular weight is 340 g/mol. The molecule has 2 aromatic carbocycles. The molecule has 0 spiro atoms. The molecule has 19 heavy (non-hydrogen) atoms. The maximum absolute atomic E-state index is 13.2. The van der Waals surface area contributed by atoms with Gasteiger partial charge in [0.15, 0.2) is 0 Å². The van der Waals surface area contributed by atoms with Crippen molar-refractivity contribution in [1.29, 1.82) is 0 Å². The molecule has 2 rings (SSSR count). The predicted molar refractivity (Wildman–Crippen MR) is 83.1 cm³/mol. The van der Waals surface area contributed by atoms with Gasteiger partial charge in [-0.1, -0.05) is 34.1 Å². The van der Waals surface area contributed by atoms with Gasteiger partial charge in [0.05, 0.1) is 0 Å². The maximum Gasteiger partial charge on any atom is 0.123 e. The van der Waals surface area contributed by atoms with Crippen molar-refractivity contribution >= 4 is 27.7 Å². The highest BCUT2D eigenvalue weighted by Gasteiger charge is 2.10. The standard InChI is InChI=1S/C15H15BrFNS/c1-18-15(11-4-2-6-13(17)8-11)10-19-14-7-3-5-12(16)9-14/h2-9,15,18H,10H2,1H3. The lowest BCUT2D eigenvalue weighted by atomic mass is 10.1. The van der Waals surface area contributed by atoms with E-state index in [2.05, 4.69) is 33.4 Å². The largest absolute Gasteiger partial charge is 0.312 e. The van der Waals surface area contributed by atoms with Crippen LogP contribution >= 0.6 is 27.7 Å². The third-order valence-corrected chi connectivity index (χ3v) is 4.39. The number of hydrogen-bond acceptors (Lipinski definition) is 2. The normalized spacial score (nSPS) is 12.4. The van der Waals surface area contributed by atoms with Gasteiger partial charge in [-0.05, 0) is 42.9 Å². The Hall–Kier alpha value is -0.840. The molecule has 1 nitrogen and oxygen atoms in total. The Kier molecular flexibility index (Phi) is 5.43. The molecule has 4 heteroatoms. The SMILES string of the molecule is CNC(CSc1cccc(Br)c1)c1cccc(F)c1. The van der Waals surface area contributed by atoms with Crippen LogP contribution in [-0.2, 0) is 0 Å². The predicted octanol–water partition coefficient (Wildman–Crippen LogP) is 4.64. The second-order valence-corrected chi connectivity index (χ2v) is 6.17. The maximum atomic E-state index is 13.2. The smallest absolute Gasteiger partial charge is 0.123 e. The second-order valence-electron chi connectivity index (χ2n) is 4.16. The fraction of sp³-hybridized carbons (Fsp3) is 0.200. The van der Waals surface area contributed by atoms with Gasteiger partial charge in [0, 0.05) is 21.2 Å². The molecule has 0 radical (unpaired) electrons. The summed E-state index contributed by atoms with van der Waals surface area (Å²) in [4.78, 5) is 1.20. The lowest BCUT2D eigenvalue weighted by Gasteiger charge is -2.16. The highest BCUT2D eigenvalue weighted by atomic mass is 79.9. The van der Waals surface area contributed by atoms with Crippen molar-refractivity contribution in [3.8, 4) is 0 Å². The molecule has 0 saturated heterocycles. The third-order valence-electron chi connectivity index (χ3n) is 2.81. The van der Waals surface area contributed by atoms with Gasteiger partial charge in [-0.25, -0.2) is 4.39 Å². The summed E-state index contributed by atoms with van der Waals surface area (Å²) >= 11 is 5.22. The van der Waals surface area contributed by atoms with Crippen LogP contribution in [0, 0.1) is 5.82 Å². The molecule has 0 heterocycles. The van der Waals surface area contributed by atoms with Gasteiger partial charge < -0.3 is 5.32 Å². The number of thioether (sulfide) groups is 1. The van der Waals surface area contributed by atoms with Crippen LogP contribution in [0.1, 0.15) is 11.6 Å². The second kappa shape index (κ2) is 7.08. The van der Waals surface area contributed by atoms with E-state index in [9.17, 15) is 4.39 Å². The van der Waals surface area contributed by atoms with E-state index in [1.165, 1.54) is 11.0 Å². The lowest BCUT2D eigenvalue weighted by molar-refractivity contribution is 0.611. The van der Waals surface area contributed by atoms with Crippen molar-refractivity contribution in [3.63, 3.8) is 0 Å². The summed E-state index contributed by atoms with van der Waals surface area (Å²) in [6.45, 7) is 0. The van der Waals surface area contributed by atoms with Gasteiger partial charge in [0.25, 0.3) is 0 Å². The number of hydrogen-bond donors (Lipinski definition) is 1. The minimum absolute atomic E-state index is 0.139. The Labute approximate surface area is 125 Å². The molecule has 1 N–H and O–H groups in total. The Bertz CT molecular complexity index is 547. The van der Waals surface area contributed by atoms with Crippen molar-refractivity contribution in [1.82, 2.24) is 5.32 Å². The van der Waals surface area contributed by atoms with Crippen LogP contribution in [0.15, 0.2) is 57.9 Å². The van der Waals surface area contributed by atoms with E-state index in [1.807, 2.05) is 25.2 Å². The van der Waals surface area contributed by atoms with E-state index in [1.54, 1.807) is 23.9 Å². The highest BCUT2D eigenvalue weighted by molar-refractivity contribution is 9.10. The topological polar surface area (TPSA) is 12.0 Å². The summed E-state index contributed by atoms with van der Waals surface area (Å²) < 4.78 is 14.3. The van der Waals surface area contributed by atoms with Crippen molar-refractivity contribution in [3.05, 3.63) is 64.4 Å². The summed E-state index contributed by atoms with van der Waals surface area (Å²) in [5.74, 6) is 0.668. The lowest BCUT2D eigenvalue weighted by Crippen LogP contribution is -2.18. The van der Waals surface area contributed by atoms with Crippen LogP contribution in [0.5, 0.6) is 0 Å². The highest BCUT2D eigenvalue weighted by Crippen LogP contribution is 2.26. The molecular formula is C15H15BrFNS. The monoisotopic (exact) mass is 339 g/mol. The summed E-state index contributed by atoms with van der Waals surface area (Å²) in [5, 5.41) is 3.23. The van der Waals surface area contributed by atoms with Gasteiger partial charge in [0.1, 0.15) is 5.82 Å². The average Bonchev–Trinajstić information content (AvgIpc) is 2.40. The first-order chi connectivity index (χ1) is 9.19. The summed E-state index contributed by atoms with van der Waals surface area (Å²) in [6, 6.07) is 15.1. The van der Waals surface area contributed by atoms with E-state index >= 15 is 0 Å². The number of nitrogens with one attached hydrogen (secondary N) is 1. The number of rotatable bonds is 5. The van der Waals surface area contributed by atoms with Gasteiger partial charge >= 0.3 is 0 Å². The summed E-state index contributed by atoms with van der Waals surface area (Å²) in [5.41, 5.74) is 0.977. The zero-order valence-corrected chi connectivity index (χ0v) is 13.0. The molecule has 0 aromatic heterocycles. The first-order valence-corrected chi connectivity index (χ1v) is 7.78.